The number of rotatable bonds is 19. The highest BCUT2D eigenvalue weighted by atomic mass is 32.2. The van der Waals surface area contributed by atoms with Gasteiger partial charge in [-0.3, -0.25) is 33.6 Å². The largest absolute Gasteiger partial charge is 0.504 e. The summed E-state index contributed by atoms with van der Waals surface area (Å²) in [6.45, 7) is 3.14. The molecule has 5 aromatic rings. The molecule has 9 rings (SSSR count). The number of anilines is 1. The normalized spacial score (nSPS) is 25.6. The molecule has 13 atom stereocenters. The van der Waals surface area contributed by atoms with E-state index in [9.17, 15) is 69.3 Å². The second kappa shape index (κ2) is 32.5. The summed E-state index contributed by atoms with van der Waals surface area (Å²) in [5.74, 6) is -9.32. The van der Waals surface area contributed by atoms with Crippen LogP contribution in [0.15, 0.2) is 97.1 Å². The molecule has 30 nitrogen and oxygen atoms in total. The average molecular weight is 1340 g/mol. The molecule has 1 aromatic heterocycles. The van der Waals surface area contributed by atoms with E-state index in [2.05, 4.69) is 63.2 Å². The molecule has 506 valence electrons. The standard InChI is InChI=1S/C62H77N11O19S2/c1-32-29-73-52(53(32)80)58(85)64-28-40(75)26-43(65-54(81)36-9-11-37(12-10-36)59-69-70-60(93-59)38-13-15-39(16-14-38)71-22-19-42(20-23-71)89-31-34-6-4-3-5-7-34)55(82)66-49(33(2)74)61(86)72-30-41(76)27-44(72)56(83)67-50(57(84)68-51(62(73)87)46(78)18-21-63)47(79)24-35-8-17-45(77)48(25-35)90-94-92-91-88/h3-17,25,32-33,40-44,46-47,49-53,74-80,88H,18-24,26-31,63H2,1-2H3,(H,64,85)(H,65,81)(H,66,82)(H,67,83)(H,68,84)/t32-,33+,40+,41+,43+,44+,46-,47-,49+,50+,51+,52+,53+/m1/s1. The number of aromatic hydroxyl groups is 1. The van der Waals surface area contributed by atoms with Gasteiger partial charge in [-0.15, -0.1) is 10.2 Å². The fourth-order valence-electron chi connectivity index (χ4n) is 11.8. The number of nitrogens with one attached hydrogen (secondary N) is 5. The second-order valence-electron chi connectivity index (χ2n) is 23.7. The highest BCUT2D eigenvalue weighted by Crippen LogP contribution is 2.34. The van der Waals surface area contributed by atoms with Crippen LogP contribution in [0.1, 0.15) is 67.4 Å². The Morgan fingerprint density at radius 1 is 0.755 bits per heavy atom. The zero-order valence-electron chi connectivity index (χ0n) is 51.2. The summed E-state index contributed by atoms with van der Waals surface area (Å²) in [4.78, 5) is 106. The topological polar surface area (TPSA) is 440 Å². The number of carbonyl (C=O) groups is 7. The lowest BCUT2D eigenvalue weighted by Crippen LogP contribution is -2.64. The number of aliphatic hydroxyl groups excluding tert-OH is 6. The predicted molar refractivity (Wildman–Crippen MR) is 337 cm³/mol. The highest BCUT2D eigenvalue weighted by molar-refractivity contribution is 7.90. The van der Waals surface area contributed by atoms with Crippen molar-refractivity contribution >= 4 is 70.7 Å². The molecule has 0 saturated carbocycles. The lowest BCUT2D eigenvalue weighted by atomic mass is 9.98. The first kappa shape index (κ1) is 70.4. The number of fused-ring (bicyclic) bond motifs is 2. The third-order valence-corrected chi connectivity index (χ3v) is 18.3. The number of piperidine rings is 1. The number of nitrogens with two attached hydrogens (primary N) is 1. The summed E-state index contributed by atoms with van der Waals surface area (Å²) in [6.07, 6.45) is -10.3. The van der Waals surface area contributed by atoms with Crippen LogP contribution in [0.5, 0.6) is 11.5 Å². The quantitative estimate of drug-likeness (QED) is 0.0213. The smallest absolute Gasteiger partial charge is 0.261 e. The molecule has 7 amide bonds. The van der Waals surface area contributed by atoms with E-state index in [1.807, 2.05) is 42.5 Å². The lowest BCUT2D eigenvalue weighted by Gasteiger charge is -2.34. The maximum absolute atomic E-state index is 14.7. The van der Waals surface area contributed by atoms with Crippen LogP contribution in [0.25, 0.3) is 21.1 Å². The third kappa shape index (κ3) is 17.5. The van der Waals surface area contributed by atoms with Gasteiger partial charge in [0.1, 0.15) is 46.3 Å². The molecule has 4 aromatic carbocycles. The Bertz CT molecular complexity index is 3420. The van der Waals surface area contributed by atoms with Gasteiger partial charge in [-0.1, -0.05) is 76.2 Å². The van der Waals surface area contributed by atoms with E-state index in [1.54, 1.807) is 12.1 Å². The molecule has 94 heavy (non-hydrogen) atoms. The first-order valence-corrected chi connectivity index (χ1v) is 32.1. The monoisotopic (exact) mass is 1340 g/mol. The van der Waals surface area contributed by atoms with Crippen LogP contribution >= 0.6 is 23.7 Å². The van der Waals surface area contributed by atoms with Gasteiger partial charge in [0.25, 0.3) is 18.2 Å². The van der Waals surface area contributed by atoms with Gasteiger partial charge in [0, 0.05) is 80.3 Å². The van der Waals surface area contributed by atoms with Crippen molar-refractivity contribution in [1.29, 1.82) is 0 Å². The Morgan fingerprint density at radius 2 is 1.40 bits per heavy atom. The van der Waals surface area contributed by atoms with Gasteiger partial charge in [0.05, 0.1) is 49.3 Å². The first-order valence-electron chi connectivity index (χ1n) is 30.6. The first-order chi connectivity index (χ1) is 45.1. The van der Waals surface area contributed by atoms with Crippen molar-refractivity contribution in [2.24, 2.45) is 11.7 Å². The molecule has 4 aliphatic rings. The van der Waals surface area contributed by atoms with E-state index in [0.29, 0.717) is 22.2 Å². The second-order valence-corrected chi connectivity index (χ2v) is 25.1. The molecule has 0 spiro atoms. The van der Waals surface area contributed by atoms with Gasteiger partial charge in [0.15, 0.2) is 11.5 Å². The Hall–Kier alpha value is -7.96. The van der Waals surface area contributed by atoms with E-state index in [-0.39, 0.29) is 54.8 Å². The summed E-state index contributed by atoms with van der Waals surface area (Å²) in [5, 5.41) is 113. The Kier molecular flexibility index (Phi) is 24.3. The van der Waals surface area contributed by atoms with Gasteiger partial charge >= 0.3 is 0 Å². The SMILES string of the molecule is C[C@H](O)[C@@H]1NC(=O)[C@@H](NC(=O)c2ccc(-c3nnc(-c4ccc(N5CCC(OCc6ccccc6)CC5)cc4)s3)cc2)C[C@H](O)CNC(=O)[C@@H]2[C@@H](O)[C@H](C)CN2C(=O)[C@H]([C@H](O)CCN)NC(=O)[C@H]([C@H](O)Cc2ccc(O)c(OSOOO)c2)NC(=O)[C@@H]2C[C@H](O)CN2C1=O. The zero-order chi connectivity index (χ0) is 67.3. The van der Waals surface area contributed by atoms with Crippen molar-refractivity contribution in [3.63, 3.8) is 0 Å². The lowest BCUT2D eigenvalue weighted by molar-refractivity contribution is -0.433. The molecule has 15 N–H and O–H groups in total. The van der Waals surface area contributed by atoms with E-state index in [1.165, 1.54) is 42.5 Å². The minimum absolute atomic E-state index is 0.0260. The minimum atomic E-state index is -2.11. The number of ether oxygens (including phenoxy) is 1. The predicted octanol–water partition coefficient (Wildman–Crippen LogP) is -0.576. The van der Waals surface area contributed by atoms with Crippen molar-refractivity contribution in [2.45, 2.75) is 138 Å². The number of hydrogen-bond donors (Lipinski definition) is 14. The molecule has 4 aliphatic heterocycles. The number of amides is 7. The molecule has 0 unspecified atom stereocenters. The van der Waals surface area contributed by atoms with Gasteiger partial charge in [-0.05, 0) is 92.4 Å². The zero-order valence-corrected chi connectivity index (χ0v) is 52.8. The van der Waals surface area contributed by atoms with Gasteiger partial charge in [0.2, 0.25) is 35.4 Å². The summed E-state index contributed by atoms with van der Waals surface area (Å²) in [5.41, 5.74) is 9.62. The summed E-state index contributed by atoms with van der Waals surface area (Å²) in [7, 11) is 0. The Labute approximate surface area is 548 Å². The maximum Gasteiger partial charge on any atom is 0.261 e. The number of β-amino-alcohol motifs (C(OH)–C–C–N with tert-alkyl or cyclic N) is 1. The summed E-state index contributed by atoms with van der Waals surface area (Å²) in [6, 6.07) is 16.8. The highest BCUT2D eigenvalue weighted by Gasteiger charge is 2.50. The van der Waals surface area contributed by atoms with E-state index in [4.69, 9.17) is 19.9 Å². The molecule has 5 heterocycles. The van der Waals surface area contributed by atoms with Gasteiger partial charge < -0.3 is 91.7 Å². The number of aromatic nitrogens is 2. The van der Waals surface area contributed by atoms with Crippen LogP contribution in [0, 0.1) is 5.92 Å². The number of benzene rings is 4. The van der Waals surface area contributed by atoms with Crippen molar-refractivity contribution in [3.05, 3.63) is 114 Å². The van der Waals surface area contributed by atoms with Crippen LogP contribution in [-0.2, 0) is 55.9 Å². The average Bonchev–Trinajstić information content (AvgIpc) is 1.63. The van der Waals surface area contributed by atoms with Crippen LogP contribution in [0.4, 0.5) is 5.69 Å². The molecule has 4 saturated heterocycles. The molecule has 0 bridgehead atoms. The van der Waals surface area contributed by atoms with Crippen molar-refractivity contribution < 1.29 is 92.9 Å². The molecule has 0 radical (unpaired) electrons. The van der Waals surface area contributed by atoms with Crippen LogP contribution in [0.3, 0.4) is 0 Å². The van der Waals surface area contributed by atoms with E-state index in [0.717, 1.165) is 65.5 Å². The summed E-state index contributed by atoms with van der Waals surface area (Å²) >= 11 is 1.41. The molecular formula is C62H77N11O19S2. The van der Waals surface area contributed by atoms with Crippen molar-refractivity contribution in [3.8, 4) is 32.6 Å². The van der Waals surface area contributed by atoms with Crippen LogP contribution in [-0.4, -0.2) is 221 Å². The number of aliphatic hydroxyl groups is 6. The van der Waals surface area contributed by atoms with Crippen LogP contribution in [0.2, 0.25) is 0 Å². The number of phenols is 1. The fourth-order valence-corrected chi connectivity index (χ4v) is 12.9. The number of carbonyl (C=O) groups excluding carboxylic acids is 7. The number of nitrogens with zero attached hydrogens (tertiary/aromatic N) is 5. The minimum Gasteiger partial charge on any atom is -0.504 e. The number of hydrogen-bond acceptors (Lipinski definition) is 25. The van der Waals surface area contributed by atoms with E-state index >= 15 is 0 Å². The van der Waals surface area contributed by atoms with Gasteiger partial charge in [-0.25, -0.2) is 5.26 Å². The van der Waals surface area contributed by atoms with Crippen molar-refractivity contribution in [2.75, 3.05) is 44.2 Å². The van der Waals surface area contributed by atoms with Crippen LogP contribution < -0.4 is 41.4 Å². The maximum atomic E-state index is 14.7. The molecule has 4 fully saturated rings. The molecule has 32 heteroatoms. The molecule has 0 aliphatic carbocycles. The van der Waals surface area contributed by atoms with Crippen molar-refractivity contribution in [1.82, 2.24) is 46.6 Å². The third-order valence-electron chi connectivity index (χ3n) is 16.9. The summed E-state index contributed by atoms with van der Waals surface area (Å²) < 4.78 is 15.5. The Morgan fingerprint density at radius 3 is 2.06 bits per heavy atom. The van der Waals surface area contributed by atoms with E-state index < -0.39 is 158 Å². The number of phenolic OH excluding ortho intramolecular Hbond substituents is 1. The molecular weight excluding hydrogens is 1270 g/mol. The van der Waals surface area contributed by atoms with Gasteiger partial charge in [-0.2, -0.15) is 0 Å². The fraction of sp³-hybridized carbons (Fsp3) is 0.468. The Balaban J connectivity index is 0.941.